The number of rotatable bonds is 5. The summed E-state index contributed by atoms with van der Waals surface area (Å²) in [6, 6.07) is 12.9. The third kappa shape index (κ3) is 4.90. The average molecular weight is 505 g/mol. The van der Waals surface area contributed by atoms with Gasteiger partial charge in [0.1, 0.15) is 0 Å². The Kier molecular flexibility index (Phi) is 5.98. The van der Waals surface area contributed by atoms with Crippen LogP contribution in [0.3, 0.4) is 0 Å². The van der Waals surface area contributed by atoms with Crippen molar-refractivity contribution in [3.63, 3.8) is 0 Å². The molecule has 1 aliphatic carbocycles. The molecule has 0 spiro atoms. The Morgan fingerprint density at radius 2 is 1.56 bits per heavy atom. The molecular weight excluding hydrogens is 468 g/mol. The number of fused-ring (bicyclic) bond motifs is 2. The summed E-state index contributed by atoms with van der Waals surface area (Å²) in [5.41, 5.74) is 1.25. The van der Waals surface area contributed by atoms with Gasteiger partial charge in [-0.05, 0) is 71.4 Å². The number of nitrogens with one attached hydrogen (secondary N) is 1. The first kappa shape index (κ1) is 25.2. The highest BCUT2D eigenvalue weighted by molar-refractivity contribution is 7.92. The highest BCUT2D eigenvalue weighted by Gasteiger charge is 2.53. The Bertz CT molecular complexity index is 1290. The summed E-state index contributed by atoms with van der Waals surface area (Å²) >= 11 is 0. The van der Waals surface area contributed by atoms with Gasteiger partial charge in [-0.1, -0.05) is 59.7 Å². The normalized spacial score (nSPS) is 25.3. The summed E-state index contributed by atoms with van der Waals surface area (Å²) in [4.78, 5) is 0.252. The highest BCUT2D eigenvalue weighted by Crippen LogP contribution is 2.53. The van der Waals surface area contributed by atoms with Crippen molar-refractivity contribution < 1.29 is 16.8 Å². The predicted molar refractivity (Wildman–Crippen MR) is 136 cm³/mol. The highest BCUT2D eigenvalue weighted by atomic mass is 32.2. The van der Waals surface area contributed by atoms with Crippen LogP contribution in [0.15, 0.2) is 58.3 Å². The molecule has 4 rings (SSSR count). The van der Waals surface area contributed by atoms with Crippen molar-refractivity contribution in [3.8, 4) is 0 Å². The van der Waals surface area contributed by atoms with Crippen LogP contribution in [0.4, 0.5) is 5.69 Å². The Balaban J connectivity index is 1.59. The minimum absolute atomic E-state index is 0.0274. The Morgan fingerprint density at radius 1 is 0.912 bits per heavy atom. The van der Waals surface area contributed by atoms with Gasteiger partial charge < -0.3 is 0 Å². The smallest absolute Gasteiger partial charge is 0.261 e. The quantitative estimate of drug-likeness (QED) is 0.593. The molecule has 8 heteroatoms. The second-order valence-corrected chi connectivity index (χ2v) is 15.7. The molecule has 2 aromatic rings. The summed E-state index contributed by atoms with van der Waals surface area (Å²) in [5.74, 6) is 0. The molecule has 1 aliphatic heterocycles. The molecule has 2 fully saturated rings. The Morgan fingerprint density at radius 3 is 2.18 bits per heavy atom. The van der Waals surface area contributed by atoms with Crippen molar-refractivity contribution >= 4 is 25.7 Å². The summed E-state index contributed by atoms with van der Waals surface area (Å²) < 4.78 is 57.3. The Labute approximate surface area is 204 Å². The number of benzene rings is 2. The monoisotopic (exact) mass is 504 g/mol. The zero-order valence-corrected chi connectivity index (χ0v) is 22.6. The molecule has 1 saturated heterocycles. The van der Waals surface area contributed by atoms with E-state index in [4.69, 9.17) is 0 Å². The molecule has 2 atom stereocenters. The van der Waals surface area contributed by atoms with Crippen LogP contribution in [0, 0.1) is 10.8 Å². The minimum Gasteiger partial charge on any atom is -0.280 e. The maximum Gasteiger partial charge on any atom is 0.261 e. The molecule has 1 heterocycles. The van der Waals surface area contributed by atoms with Crippen molar-refractivity contribution in [1.29, 1.82) is 0 Å². The van der Waals surface area contributed by atoms with E-state index in [0.29, 0.717) is 6.54 Å². The Hall–Kier alpha value is -1.90. The maximum atomic E-state index is 13.6. The molecule has 2 unspecified atom stereocenters. The third-order valence-corrected chi connectivity index (χ3v) is 10.4. The van der Waals surface area contributed by atoms with Gasteiger partial charge in [-0.15, -0.1) is 0 Å². The van der Waals surface area contributed by atoms with Gasteiger partial charge in [-0.3, -0.25) is 4.72 Å². The summed E-state index contributed by atoms with van der Waals surface area (Å²) in [7, 11) is -7.60. The van der Waals surface area contributed by atoms with Crippen molar-refractivity contribution in [2.45, 2.75) is 82.1 Å². The van der Waals surface area contributed by atoms with Crippen LogP contribution in [0.2, 0.25) is 0 Å². The second-order valence-electron chi connectivity index (χ2n) is 12.2. The molecule has 2 aromatic carbocycles. The van der Waals surface area contributed by atoms with Gasteiger partial charge in [0, 0.05) is 12.6 Å². The van der Waals surface area contributed by atoms with Crippen LogP contribution in [0.1, 0.15) is 66.4 Å². The average Bonchev–Trinajstić information content (AvgIpc) is 2.96. The lowest BCUT2D eigenvalue weighted by molar-refractivity contribution is 0.133. The molecule has 1 N–H and O–H groups in total. The van der Waals surface area contributed by atoms with E-state index in [-0.39, 0.29) is 37.8 Å². The van der Waals surface area contributed by atoms with Gasteiger partial charge >= 0.3 is 0 Å². The molecular formula is C26H36N2O4S2. The lowest BCUT2D eigenvalue weighted by Crippen LogP contribution is -2.37. The standard InChI is InChI=1S/C26H36N2O4S2/c1-24(2,3)19-10-12-22(13-11-19)33(29,30)27-20-8-7-9-23(14-20)34(31,32)28-18-26(6)16-21(28)15-25(4,5)17-26/h7-14,21,27H,15-18H2,1-6H3. The summed E-state index contributed by atoms with van der Waals surface area (Å²) in [6.07, 6.45) is 2.70. The van der Waals surface area contributed by atoms with E-state index < -0.39 is 20.0 Å². The van der Waals surface area contributed by atoms with Crippen LogP contribution >= 0.6 is 0 Å². The fourth-order valence-electron chi connectivity index (χ4n) is 5.89. The van der Waals surface area contributed by atoms with E-state index in [1.165, 1.54) is 6.07 Å². The third-order valence-electron chi connectivity index (χ3n) is 7.09. The van der Waals surface area contributed by atoms with Crippen molar-refractivity contribution in [2.75, 3.05) is 11.3 Å². The summed E-state index contributed by atoms with van der Waals surface area (Å²) in [5, 5.41) is 0. The van der Waals surface area contributed by atoms with Gasteiger partial charge in [0.2, 0.25) is 10.0 Å². The van der Waals surface area contributed by atoms with Crippen molar-refractivity contribution in [3.05, 3.63) is 54.1 Å². The lowest BCUT2D eigenvalue weighted by Gasteiger charge is -2.39. The van der Waals surface area contributed by atoms with Gasteiger partial charge in [0.05, 0.1) is 15.5 Å². The molecule has 0 aromatic heterocycles. The van der Waals surface area contributed by atoms with Gasteiger partial charge in [-0.2, -0.15) is 4.31 Å². The zero-order valence-electron chi connectivity index (χ0n) is 20.9. The van der Waals surface area contributed by atoms with Crippen molar-refractivity contribution in [2.24, 2.45) is 10.8 Å². The van der Waals surface area contributed by atoms with Crippen LogP contribution in [-0.4, -0.2) is 33.7 Å². The van der Waals surface area contributed by atoms with Crippen LogP contribution in [0.5, 0.6) is 0 Å². The van der Waals surface area contributed by atoms with Crippen LogP contribution in [0.25, 0.3) is 0 Å². The largest absolute Gasteiger partial charge is 0.280 e. The van der Waals surface area contributed by atoms with Gasteiger partial charge in [0.15, 0.2) is 0 Å². The molecule has 34 heavy (non-hydrogen) atoms. The minimum atomic E-state index is -3.85. The second kappa shape index (κ2) is 8.07. The van der Waals surface area contributed by atoms with Gasteiger partial charge in [-0.25, -0.2) is 16.8 Å². The topological polar surface area (TPSA) is 83.6 Å². The lowest BCUT2D eigenvalue weighted by atomic mass is 9.65. The van der Waals surface area contributed by atoms with E-state index >= 15 is 0 Å². The fraction of sp³-hybridized carbons (Fsp3) is 0.538. The van der Waals surface area contributed by atoms with Crippen LogP contribution < -0.4 is 4.72 Å². The summed E-state index contributed by atoms with van der Waals surface area (Å²) in [6.45, 7) is 13.3. The number of sulfonamides is 2. The van der Waals surface area contributed by atoms with E-state index in [1.54, 1.807) is 34.6 Å². The number of hydrogen-bond acceptors (Lipinski definition) is 4. The van der Waals surface area contributed by atoms with E-state index in [0.717, 1.165) is 24.8 Å². The van der Waals surface area contributed by atoms with E-state index in [1.807, 2.05) is 12.1 Å². The molecule has 2 bridgehead atoms. The molecule has 1 saturated carbocycles. The van der Waals surface area contributed by atoms with E-state index in [9.17, 15) is 16.8 Å². The van der Waals surface area contributed by atoms with Gasteiger partial charge in [0.25, 0.3) is 10.0 Å². The van der Waals surface area contributed by atoms with E-state index in [2.05, 4.69) is 46.3 Å². The first-order chi connectivity index (χ1) is 15.5. The van der Waals surface area contributed by atoms with Crippen molar-refractivity contribution in [1.82, 2.24) is 4.31 Å². The predicted octanol–water partition coefficient (Wildman–Crippen LogP) is 5.37. The molecule has 6 nitrogen and oxygen atoms in total. The first-order valence-corrected chi connectivity index (χ1v) is 14.7. The zero-order chi connectivity index (χ0) is 25.2. The maximum absolute atomic E-state index is 13.6. The number of hydrogen-bond donors (Lipinski definition) is 1. The molecule has 0 radical (unpaired) electrons. The fourth-order valence-corrected chi connectivity index (χ4v) is 8.76. The van der Waals surface area contributed by atoms with Crippen LogP contribution in [-0.2, 0) is 25.5 Å². The SMILES string of the molecule is CC1(C)CC2CC(C)(CN2S(=O)(=O)c2cccc(NS(=O)(=O)c3ccc(C(C)(C)C)cc3)c2)C1. The molecule has 0 amide bonds. The number of anilines is 1. The molecule has 186 valence electrons. The number of nitrogens with zero attached hydrogens (tertiary/aromatic N) is 1. The first-order valence-electron chi connectivity index (χ1n) is 11.8. The molecule has 2 aliphatic rings.